The minimum absolute atomic E-state index is 0.127. The Kier molecular flexibility index (Phi) is 7.34. The number of carbonyl (C=O) groups is 1. The minimum Gasteiger partial charge on any atom is -0.356 e. The van der Waals surface area contributed by atoms with Crippen LogP contribution in [-0.2, 0) is 4.79 Å². The van der Waals surface area contributed by atoms with Crippen LogP contribution in [0.2, 0.25) is 0 Å². The molecule has 5 heteroatoms. The molecule has 0 aromatic heterocycles. The number of amides is 1. The van der Waals surface area contributed by atoms with Crippen molar-refractivity contribution in [3.63, 3.8) is 0 Å². The Labute approximate surface area is 117 Å². The van der Waals surface area contributed by atoms with Crippen molar-refractivity contribution >= 4 is 5.91 Å². The van der Waals surface area contributed by atoms with Crippen LogP contribution in [0.1, 0.15) is 33.1 Å². The Morgan fingerprint density at radius 1 is 1.47 bits per heavy atom. The number of hydrogen-bond donors (Lipinski definition) is 2. The van der Waals surface area contributed by atoms with E-state index in [0.717, 1.165) is 39.0 Å². The average molecular weight is 270 g/mol. The van der Waals surface area contributed by atoms with Gasteiger partial charge in [-0.15, -0.1) is 0 Å². The SMILES string of the molecule is CCCNC(=O)CC(CN)N1CCCN(C)CC1C. The molecule has 19 heavy (non-hydrogen) atoms. The van der Waals surface area contributed by atoms with E-state index in [4.69, 9.17) is 5.73 Å². The van der Waals surface area contributed by atoms with E-state index in [1.807, 2.05) is 0 Å². The van der Waals surface area contributed by atoms with Crippen LogP contribution in [0.3, 0.4) is 0 Å². The van der Waals surface area contributed by atoms with Crippen LogP contribution >= 0.6 is 0 Å². The van der Waals surface area contributed by atoms with E-state index in [1.54, 1.807) is 0 Å². The lowest BCUT2D eigenvalue weighted by molar-refractivity contribution is -0.122. The zero-order chi connectivity index (χ0) is 14.3. The van der Waals surface area contributed by atoms with Gasteiger partial charge in [0.1, 0.15) is 0 Å². The summed E-state index contributed by atoms with van der Waals surface area (Å²) in [6.45, 7) is 8.81. The lowest BCUT2D eigenvalue weighted by atomic mass is 10.1. The Bertz CT molecular complexity index is 272. The Hall–Kier alpha value is -0.650. The van der Waals surface area contributed by atoms with Crippen molar-refractivity contribution in [2.45, 2.75) is 45.2 Å². The molecule has 1 heterocycles. The third-order valence-corrected chi connectivity index (χ3v) is 3.83. The standard InChI is InChI=1S/C14H30N4O/c1-4-6-16-14(19)9-13(10-15)18-8-5-7-17(3)11-12(18)2/h12-13H,4-11,15H2,1-3H3,(H,16,19). The summed E-state index contributed by atoms with van der Waals surface area (Å²) < 4.78 is 0. The maximum atomic E-state index is 11.9. The molecule has 2 atom stereocenters. The largest absolute Gasteiger partial charge is 0.356 e. The summed E-state index contributed by atoms with van der Waals surface area (Å²) in [7, 11) is 2.16. The van der Waals surface area contributed by atoms with Gasteiger partial charge in [0.05, 0.1) is 0 Å². The van der Waals surface area contributed by atoms with E-state index < -0.39 is 0 Å². The quantitative estimate of drug-likeness (QED) is 0.726. The number of nitrogens with one attached hydrogen (secondary N) is 1. The van der Waals surface area contributed by atoms with Crippen molar-refractivity contribution in [2.75, 3.05) is 39.8 Å². The van der Waals surface area contributed by atoms with Crippen molar-refractivity contribution in [3.8, 4) is 0 Å². The van der Waals surface area contributed by atoms with E-state index in [2.05, 4.69) is 36.0 Å². The average Bonchev–Trinajstić information content (AvgIpc) is 2.54. The van der Waals surface area contributed by atoms with Gasteiger partial charge in [0.15, 0.2) is 0 Å². The third kappa shape index (κ3) is 5.47. The predicted octanol–water partition coefficient (Wildman–Crippen LogP) is 0.256. The van der Waals surface area contributed by atoms with Gasteiger partial charge in [-0.25, -0.2) is 0 Å². The van der Waals surface area contributed by atoms with Crippen LogP contribution in [0.5, 0.6) is 0 Å². The van der Waals surface area contributed by atoms with Gasteiger partial charge >= 0.3 is 0 Å². The number of rotatable bonds is 6. The minimum atomic E-state index is 0.127. The highest BCUT2D eigenvalue weighted by Crippen LogP contribution is 2.14. The predicted molar refractivity (Wildman–Crippen MR) is 79.0 cm³/mol. The fourth-order valence-corrected chi connectivity index (χ4v) is 2.82. The smallest absolute Gasteiger partial charge is 0.221 e. The van der Waals surface area contributed by atoms with E-state index in [-0.39, 0.29) is 11.9 Å². The van der Waals surface area contributed by atoms with Crippen LogP contribution < -0.4 is 11.1 Å². The van der Waals surface area contributed by atoms with Gasteiger partial charge in [0.25, 0.3) is 0 Å². The highest BCUT2D eigenvalue weighted by molar-refractivity contribution is 5.76. The van der Waals surface area contributed by atoms with Crippen molar-refractivity contribution in [3.05, 3.63) is 0 Å². The molecule has 0 aromatic rings. The molecule has 3 N–H and O–H groups in total. The van der Waals surface area contributed by atoms with Crippen LogP contribution in [0, 0.1) is 0 Å². The molecule has 2 unspecified atom stereocenters. The molecule has 0 aromatic carbocycles. The van der Waals surface area contributed by atoms with E-state index >= 15 is 0 Å². The highest BCUT2D eigenvalue weighted by Gasteiger charge is 2.27. The molecular weight excluding hydrogens is 240 g/mol. The molecule has 1 fully saturated rings. The first-order valence-electron chi connectivity index (χ1n) is 7.49. The van der Waals surface area contributed by atoms with Crippen LogP contribution in [0.15, 0.2) is 0 Å². The first-order valence-corrected chi connectivity index (χ1v) is 7.49. The molecule has 0 spiro atoms. The maximum absolute atomic E-state index is 11.9. The summed E-state index contributed by atoms with van der Waals surface area (Å²) >= 11 is 0. The van der Waals surface area contributed by atoms with Crippen molar-refractivity contribution in [2.24, 2.45) is 5.73 Å². The number of likely N-dealkylation sites (N-methyl/N-ethyl adjacent to an activating group) is 1. The van der Waals surface area contributed by atoms with Crippen molar-refractivity contribution in [1.29, 1.82) is 0 Å². The topological polar surface area (TPSA) is 61.6 Å². The fourth-order valence-electron chi connectivity index (χ4n) is 2.82. The second-order valence-electron chi connectivity index (χ2n) is 5.65. The monoisotopic (exact) mass is 270 g/mol. The molecule has 0 radical (unpaired) electrons. The molecule has 5 nitrogen and oxygen atoms in total. The molecule has 1 aliphatic heterocycles. The normalized spacial score (nSPS) is 23.9. The first kappa shape index (κ1) is 16.4. The molecule has 0 aliphatic carbocycles. The molecule has 1 rings (SSSR count). The van der Waals surface area contributed by atoms with Gasteiger partial charge in [-0.3, -0.25) is 9.69 Å². The summed E-state index contributed by atoms with van der Waals surface area (Å²) in [6.07, 6.45) is 2.64. The highest BCUT2D eigenvalue weighted by atomic mass is 16.1. The van der Waals surface area contributed by atoms with Gasteiger partial charge in [-0.1, -0.05) is 6.92 Å². The zero-order valence-electron chi connectivity index (χ0n) is 12.7. The molecule has 0 saturated carbocycles. The van der Waals surface area contributed by atoms with Gasteiger partial charge in [0.2, 0.25) is 5.91 Å². The molecular formula is C14H30N4O. The van der Waals surface area contributed by atoms with Gasteiger partial charge < -0.3 is 16.0 Å². The van der Waals surface area contributed by atoms with Crippen LogP contribution in [-0.4, -0.2) is 67.6 Å². The van der Waals surface area contributed by atoms with E-state index in [1.165, 1.54) is 0 Å². The van der Waals surface area contributed by atoms with Crippen LogP contribution in [0.4, 0.5) is 0 Å². The number of nitrogens with two attached hydrogens (primary N) is 1. The summed E-state index contributed by atoms with van der Waals surface area (Å²) in [4.78, 5) is 16.6. The summed E-state index contributed by atoms with van der Waals surface area (Å²) in [5.74, 6) is 0.127. The summed E-state index contributed by atoms with van der Waals surface area (Å²) in [5.41, 5.74) is 5.89. The number of hydrogen-bond acceptors (Lipinski definition) is 4. The summed E-state index contributed by atoms with van der Waals surface area (Å²) in [6, 6.07) is 0.624. The first-order chi connectivity index (χ1) is 9.08. The number of nitrogens with zero attached hydrogens (tertiary/aromatic N) is 2. The Balaban J connectivity index is 2.54. The zero-order valence-corrected chi connectivity index (χ0v) is 12.7. The van der Waals surface area contributed by atoms with Crippen molar-refractivity contribution < 1.29 is 4.79 Å². The number of carbonyl (C=O) groups excluding carboxylic acids is 1. The van der Waals surface area contributed by atoms with Gasteiger partial charge in [0, 0.05) is 44.7 Å². The fraction of sp³-hybridized carbons (Fsp3) is 0.929. The molecule has 112 valence electrons. The lowest BCUT2D eigenvalue weighted by Crippen LogP contribution is -2.49. The maximum Gasteiger partial charge on any atom is 0.221 e. The van der Waals surface area contributed by atoms with E-state index in [0.29, 0.717) is 19.0 Å². The molecule has 0 bridgehead atoms. The second kappa shape index (κ2) is 8.51. The molecule has 1 amide bonds. The molecule has 1 aliphatic rings. The van der Waals surface area contributed by atoms with Gasteiger partial charge in [-0.05, 0) is 33.4 Å². The molecule has 1 saturated heterocycles. The second-order valence-corrected chi connectivity index (χ2v) is 5.65. The lowest BCUT2D eigenvalue weighted by Gasteiger charge is -2.34. The van der Waals surface area contributed by atoms with Crippen molar-refractivity contribution in [1.82, 2.24) is 15.1 Å². The Morgan fingerprint density at radius 2 is 2.21 bits per heavy atom. The third-order valence-electron chi connectivity index (χ3n) is 3.83. The Morgan fingerprint density at radius 3 is 2.84 bits per heavy atom. The summed E-state index contributed by atoms with van der Waals surface area (Å²) in [5, 5.41) is 2.94. The van der Waals surface area contributed by atoms with Gasteiger partial charge in [-0.2, -0.15) is 0 Å². The van der Waals surface area contributed by atoms with E-state index in [9.17, 15) is 4.79 Å². The van der Waals surface area contributed by atoms with Crippen LogP contribution in [0.25, 0.3) is 0 Å².